The van der Waals surface area contributed by atoms with E-state index < -0.39 is 5.76 Å². The predicted octanol–water partition coefficient (Wildman–Crippen LogP) is 2.72. The molecule has 140 valence electrons. The molecule has 1 N–H and O–H groups in total. The molecule has 0 aliphatic carbocycles. The van der Waals surface area contributed by atoms with Crippen molar-refractivity contribution < 1.29 is 9.26 Å². The summed E-state index contributed by atoms with van der Waals surface area (Å²) in [5.41, 5.74) is 1.91. The van der Waals surface area contributed by atoms with E-state index in [9.17, 15) is 4.79 Å². The molecule has 7 heteroatoms. The normalized spacial score (nSPS) is 15.7. The maximum absolute atomic E-state index is 11.0. The Morgan fingerprint density at radius 3 is 2.63 bits per heavy atom. The third kappa shape index (κ3) is 4.62. The summed E-state index contributed by atoms with van der Waals surface area (Å²) in [6, 6.07) is 14.2. The average molecular weight is 366 g/mol. The molecule has 3 aromatic rings. The highest BCUT2D eigenvalue weighted by molar-refractivity contribution is 5.48. The third-order valence-corrected chi connectivity index (χ3v) is 4.86. The fourth-order valence-corrected chi connectivity index (χ4v) is 3.31. The van der Waals surface area contributed by atoms with E-state index in [1.165, 1.54) is 5.56 Å². The van der Waals surface area contributed by atoms with Crippen LogP contribution in [0, 0.1) is 5.92 Å². The molecule has 0 atom stereocenters. The van der Waals surface area contributed by atoms with Gasteiger partial charge in [-0.3, -0.25) is 14.4 Å². The molecule has 1 saturated heterocycles. The molecule has 3 heterocycles. The summed E-state index contributed by atoms with van der Waals surface area (Å²) < 4.78 is 10.4. The third-order valence-electron chi connectivity index (χ3n) is 4.86. The molecule has 1 aliphatic rings. The largest absolute Gasteiger partial charge is 0.492 e. The van der Waals surface area contributed by atoms with Gasteiger partial charge in [-0.25, -0.2) is 9.78 Å². The summed E-state index contributed by atoms with van der Waals surface area (Å²) in [6.07, 6.45) is 3.92. The zero-order valence-electron chi connectivity index (χ0n) is 15.0. The zero-order chi connectivity index (χ0) is 18.5. The second kappa shape index (κ2) is 8.18. The van der Waals surface area contributed by atoms with E-state index >= 15 is 0 Å². The quantitative estimate of drug-likeness (QED) is 0.722. The van der Waals surface area contributed by atoms with Gasteiger partial charge < -0.3 is 4.74 Å². The Labute approximate surface area is 157 Å². The van der Waals surface area contributed by atoms with Gasteiger partial charge in [0.15, 0.2) is 0 Å². The number of aromatic nitrogens is 3. The number of likely N-dealkylation sites (tertiary alicyclic amines) is 1. The Kier molecular flexibility index (Phi) is 5.29. The zero-order valence-corrected chi connectivity index (χ0v) is 15.0. The summed E-state index contributed by atoms with van der Waals surface area (Å²) in [5, 5.41) is 3.62. The lowest BCUT2D eigenvalue weighted by Crippen LogP contribution is -2.35. The SMILES string of the molecule is O=c1[nH]c(-c2ccc(OCC3CCN(Cc4ccccc4)CC3)cn2)no1. The fraction of sp³-hybridized carbons (Fsp3) is 0.350. The minimum atomic E-state index is -0.592. The maximum Gasteiger partial charge on any atom is 0.439 e. The minimum absolute atomic E-state index is 0.317. The van der Waals surface area contributed by atoms with Crippen molar-refractivity contribution in [1.82, 2.24) is 20.0 Å². The van der Waals surface area contributed by atoms with Crippen molar-refractivity contribution in [2.24, 2.45) is 5.92 Å². The highest BCUT2D eigenvalue weighted by Gasteiger charge is 2.20. The van der Waals surface area contributed by atoms with Gasteiger partial charge in [-0.2, -0.15) is 0 Å². The molecule has 0 bridgehead atoms. The van der Waals surface area contributed by atoms with Crippen molar-refractivity contribution in [3.63, 3.8) is 0 Å². The van der Waals surface area contributed by atoms with Gasteiger partial charge in [-0.05, 0) is 49.5 Å². The Morgan fingerprint density at radius 2 is 1.96 bits per heavy atom. The van der Waals surface area contributed by atoms with Crippen LogP contribution in [-0.4, -0.2) is 39.7 Å². The summed E-state index contributed by atoms with van der Waals surface area (Å²) in [7, 11) is 0. The van der Waals surface area contributed by atoms with Crippen LogP contribution < -0.4 is 10.5 Å². The number of hydrogen-bond acceptors (Lipinski definition) is 6. The van der Waals surface area contributed by atoms with E-state index in [0.29, 0.717) is 24.0 Å². The van der Waals surface area contributed by atoms with E-state index in [-0.39, 0.29) is 0 Å². The second-order valence-electron chi connectivity index (χ2n) is 6.84. The molecule has 7 nitrogen and oxygen atoms in total. The lowest BCUT2D eigenvalue weighted by Gasteiger charge is -2.31. The Morgan fingerprint density at radius 1 is 1.15 bits per heavy atom. The number of nitrogens with one attached hydrogen (secondary N) is 1. The Bertz CT molecular complexity index is 897. The molecular weight excluding hydrogens is 344 g/mol. The molecule has 0 amide bonds. The molecule has 1 fully saturated rings. The van der Waals surface area contributed by atoms with Crippen LogP contribution in [0.3, 0.4) is 0 Å². The van der Waals surface area contributed by atoms with Crippen molar-refractivity contribution in [2.75, 3.05) is 19.7 Å². The van der Waals surface area contributed by atoms with Crippen molar-refractivity contribution in [2.45, 2.75) is 19.4 Å². The van der Waals surface area contributed by atoms with Gasteiger partial charge in [0.05, 0.1) is 12.8 Å². The van der Waals surface area contributed by atoms with Crippen LogP contribution in [0.15, 0.2) is 58.0 Å². The molecular formula is C20H22N4O3. The fourth-order valence-electron chi connectivity index (χ4n) is 3.31. The van der Waals surface area contributed by atoms with Crippen molar-refractivity contribution in [1.29, 1.82) is 0 Å². The molecule has 1 aromatic carbocycles. The standard InChI is InChI=1S/C20H22N4O3/c25-20-22-19(23-27-20)18-7-6-17(12-21-18)26-14-16-8-10-24(11-9-16)13-15-4-2-1-3-5-15/h1-7,12,16H,8-11,13-14H2,(H,22,23,25). The van der Waals surface area contributed by atoms with Crippen molar-refractivity contribution in [3.05, 3.63) is 64.8 Å². The first-order chi connectivity index (χ1) is 13.3. The van der Waals surface area contributed by atoms with Gasteiger partial charge in [0.2, 0.25) is 5.82 Å². The lowest BCUT2D eigenvalue weighted by molar-refractivity contribution is 0.136. The monoisotopic (exact) mass is 366 g/mol. The first kappa shape index (κ1) is 17.5. The van der Waals surface area contributed by atoms with Gasteiger partial charge in [0, 0.05) is 6.54 Å². The number of piperidine rings is 1. The van der Waals surface area contributed by atoms with E-state index in [1.807, 2.05) is 6.07 Å². The first-order valence-electron chi connectivity index (χ1n) is 9.18. The summed E-state index contributed by atoms with van der Waals surface area (Å²) in [4.78, 5) is 20.2. The molecule has 4 rings (SSSR count). The molecule has 2 aromatic heterocycles. The number of pyridine rings is 1. The van der Waals surface area contributed by atoms with Crippen molar-refractivity contribution in [3.8, 4) is 17.3 Å². The first-order valence-corrected chi connectivity index (χ1v) is 9.18. The smallest absolute Gasteiger partial charge is 0.439 e. The lowest BCUT2D eigenvalue weighted by atomic mass is 9.97. The van der Waals surface area contributed by atoms with E-state index in [0.717, 1.165) is 38.2 Å². The van der Waals surface area contributed by atoms with Crippen molar-refractivity contribution >= 4 is 0 Å². The number of benzene rings is 1. The number of rotatable bonds is 6. The van der Waals surface area contributed by atoms with Crippen LogP contribution >= 0.6 is 0 Å². The Balaban J connectivity index is 1.23. The summed E-state index contributed by atoms with van der Waals surface area (Å²) >= 11 is 0. The van der Waals surface area contributed by atoms with Gasteiger partial charge in [0.25, 0.3) is 0 Å². The number of aromatic amines is 1. The number of ether oxygens (including phenoxy) is 1. The molecule has 1 aliphatic heterocycles. The van der Waals surface area contributed by atoms with Gasteiger partial charge >= 0.3 is 5.76 Å². The van der Waals surface area contributed by atoms with Gasteiger partial charge in [-0.1, -0.05) is 35.5 Å². The second-order valence-corrected chi connectivity index (χ2v) is 6.84. The average Bonchev–Trinajstić information content (AvgIpc) is 3.15. The Hall–Kier alpha value is -2.93. The van der Waals surface area contributed by atoms with Crippen LogP contribution in [0.25, 0.3) is 11.5 Å². The van der Waals surface area contributed by atoms with Crippen LogP contribution in [0.4, 0.5) is 0 Å². The van der Waals surface area contributed by atoms with E-state index in [2.05, 4.69) is 54.9 Å². The van der Waals surface area contributed by atoms with E-state index in [1.54, 1.807) is 12.3 Å². The molecule has 0 unspecified atom stereocenters. The van der Waals surface area contributed by atoms with Crippen LogP contribution in [0.2, 0.25) is 0 Å². The number of H-pyrrole nitrogens is 1. The highest BCUT2D eigenvalue weighted by atomic mass is 16.5. The molecule has 0 saturated carbocycles. The topological polar surface area (TPSA) is 84.3 Å². The van der Waals surface area contributed by atoms with Gasteiger partial charge in [0.1, 0.15) is 11.4 Å². The maximum atomic E-state index is 11.0. The number of hydrogen-bond donors (Lipinski definition) is 1. The predicted molar refractivity (Wildman–Crippen MR) is 100 cm³/mol. The van der Waals surface area contributed by atoms with Crippen LogP contribution in [0.5, 0.6) is 5.75 Å². The molecule has 0 radical (unpaired) electrons. The van der Waals surface area contributed by atoms with Crippen LogP contribution in [0.1, 0.15) is 18.4 Å². The molecule has 0 spiro atoms. The van der Waals surface area contributed by atoms with E-state index in [4.69, 9.17) is 4.74 Å². The number of nitrogens with zero attached hydrogens (tertiary/aromatic N) is 3. The highest BCUT2D eigenvalue weighted by Crippen LogP contribution is 2.21. The van der Waals surface area contributed by atoms with Crippen LogP contribution in [-0.2, 0) is 6.54 Å². The summed E-state index contributed by atoms with van der Waals surface area (Å²) in [6.45, 7) is 3.91. The minimum Gasteiger partial charge on any atom is -0.492 e. The molecule has 27 heavy (non-hydrogen) atoms. The van der Waals surface area contributed by atoms with Gasteiger partial charge in [-0.15, -0.1) is 0 Å². The summed E-state index contributed by atoms with van der Waals surface area (Å²) in [5.74, 6) is 1.00.